The predicted molar refractivity (Wildman–Crippen MR) is 280 cm³/mol. The van der Waals surface area contributed by atoms with Crippen molar-refractivity contribution in [3.63, 3.8) is 0 Å². The number of anilines is 6. The number of imidazole rings is 3. The number of aryl methyl sites for hydroxylation is 3. The molecule has 9 N–H and O–H groups in total. The van der Waals surface area contributed by atoms with E-state index < -0.39 is 0 Å². The molecule has 15 heteroatoms. The van der Waals surface area contributed by atoms with Crippen LogP contribution < -0.4 is 31.9 Å². The van der Waals surface area contributed by atoms with E-state index in [9.17, 15) is 0 Å². The van der Waals surface area contributed by atoms with Crippen molar-refractivity contribution in [1.29, 1.82) is 0 Å². The van der Waals surface area contributed by atoms with Gasteiger partial charge in [-0.15, -0.1) is 0 Å². The molecular weight excluding hydrogens is 853 g/mol. The molecule has 0 fully saturated rings. The highest BCUT2D eigenvalue weighted by atomic mass is 32.1. The average molecular weight is 903 g/mol. The van der Waals surface area contributed by atoms with Crippen molar-refractivity contribution in [2.75, 3.05) is 31.9 Å². The molecule has 0 saturated carbocycles. The van der Waals surface area contributed by atoms with E-state index in [1.165, 1.54) is 6.42 Å². The number of benzene rings is 6. The Morgan fingerprint density at radius 2 is 0.797 bits per heavy atom. The van der Waals surface area contributed by atoms with E-state index >= 15 is 0 Å². The summed E-state index contributed by atoms with van der Waals surface area (Å²) in [5.74, 6) is 2.94. The standard InChI is InChI=1S/C18H20N4S.C16H16N4S.C15H14N4S/c1-2-3-9-17-21-15-11-10-14(12-16(15)22-17)20-18(23)19-13-7-5-4-6-8-13;1-2-15-19-13-9-8-12(10-14(13)20-15)18-16(21)17-11-6-4-3-5-7-11;1-10-16-13-8-7-12(9-14(13)17-10)19-15(20)18-11-5-3-2-4-6-11/h4-8,10-12H,2-3,9H2,1H3,(H,21,22)(H2,19,20,23);3-10H,2H2,1H3,(H,19,20)(H2,17,18,21);2-9H,1H3,(H,16,17)(H2,18,19,20). The zero-order valence-corrected chi connectivity index (χ0v) is 38.2. The van der Waals surface area contributed by atoms with Gasteiger partial charge in [-0.2, -0.15) is 0 Å². The molecule has 0 aliphatic rings. The van der Waals surface area contributed by atoms with Crippen LogP contribution in [0.2, 0.25) is 0 Å². The number of rotatable bonds is 10. The monoisotopic (exact) mass is 902 g/mol. The van der Waals surface area contributed by atoms with Crippen molar-refractivity contribution in [1.82, 2.24) is 29.9 Å². The second kappa shape index (κ2) is 22.2. The van der Waals surface area contributed by atoms with Crippen LogP contribution in [0.3, 0.4) is 0 Å². The summed E-state index contributed by atoms with van der Waals surface area (Å²) in [5, 5.41) is 20.7. The zero-order chi connectivity index (χ0) is 44.7. The highest BCUT2D eigenvalue weighted by Gasteiger charge is 2.07. The fourth-order valence-electron chi connectivity index (χ4n) is 6.57. The number of aromatic nitrogens is 6. The maximum absolute atomic E-state index is 5.36. The fourth-order valence-corrected chi connectivity index (χ4v) is 7.28. The van der Waals surface area contributed by atoms with Gasteiger partial charge in [0, 0.05) is 47.0 Å². The summed E-state index contributed by atoms with van der Waals surface area (Å²) in [6.07, 6.45) is 4.20. The first-order valence-corrected chi connectivity index (χ1v) is 22.2. The van der Waals surface area contributed by atoms with Gasteiger partial charge in [0.05, 0.1) is 33.1 Å². The van der Waals surface area contributed by atoms with E-state index in [0.29, 0.717) is 15.3 Å². The Hall–Kier alpha value is -7.20. The Morgan fingerprint density at radius 1 is 0.438 bits per heavy atom. The third-order valence-corrected chi connectivity index (χ3v) is 10.2. The van der Waals surface area contributed by atoms with E-state index in [1.54, 1.807) is 0 Å². The molecule has 3 heterocycles. The second-order valence-electron chi connectivity index (χ2n) is 14.7. The van der Waals surface area contributed by atoms with Gasteiger partial charge < -0.3 is 46.9 Å². The molecule has 0 aliphatic heterocycles. The first kappa shape index (κ1) is 44.8. The number of thiocarbonyl (C=S) groups is 3. The number of para-hydroxylation sites is 3. The number of nitrogens with one attached hydrogen (secondary N) is 9. The van der Waals surface area contributed by atoms with Crippen molar-refractivity contribution in [3.05, 3.63) is 163 Å². The van der Waals surface area contributed by atoms with Crippen LogP contribution >= 0.6 is 36.7 Å². The van der Waals surface area contributed by atoms with Gasteiger partial charge in [0.15, 0.2) is 15.3 Å². The summed E-state index contributed by atoms with van der Waals surface area (Å²) in [7, 11) is 0. The molecule has 0 spiro atoms. The van der Waals surface area contributed by atoms with Crippen LogP contribution in [0.15, 0.2) is 146 Å². The smallest absolute Gasteiger partial charge is 0.175 e. The van der Waals surface area contributed by atoms with Crippen molar-refractivity contribution >= 4 is 119 Å². The first-order valence-electron chi connectivity index (χ1n) is 21.0. The van der Waals surface area contributed by atoms with Crippen LogP contribution in [0.25, 0.3) is 33.1 Å². The van der Waals surface area contributed by atoms with Gasteiger partial charge in [-0.3, -0.25) is 0 Å². The lowest BCUT2D eigenvalue weighted by molar-refractivity contribution is 0.765. The largest absolute Gasteiger partial charge is 0.342 e. The summed E-state index contributed by atoms with van der Waals surface area (Å²) in [6, 6.07) is 47.5. The van der Waals surface area contributed by atoms with Gasteiger partial charge in [0.25, 0.3) is 0 Å². The molecule has 0 unspecified atom stereocenters. The lowest BCUT2D eigenvalue weighted by atomic mass is 10.2. The number of fused-ring (bicyclic) bond motifs is 3. The molecule has 6 aromatic carbocycles. The zero-order valence-electron chi connectivity index (χ0n) is 35.8. The SMILES string of the molecule is CCCCc1nc2ccc(NC(=S)Nc3ccccc3)cc2[nH]1.CCc1nc2ccc(NC(=S)Nc3ccccc3)cc2[nH]1.Cc1nc2ccc(NC(=S)Nc3ccccc3)cc2[nH]1. The van der Waals surface area contributed by atoms with E-state index in [0.717, 1.165) is 104 Å². The number of aromatic amines is 3. The molecule has 0 saturated heterocycles. The quantitative estimate of drug-likeness (QED) is 0.0599. The normalized spacial score (nSPS) is 10.5. The molecule has 0 aliphatic carbocycles. The third kappa shape index (κ3) is 13.2. The van der Waals surface area contributed by atoms with Gasteiger partial charge in [0.2, 0.25) is 0 Å². The second-order valence-corrected chi connectivity index (χ2v) is 15.9. The van der Waals surface area contributed by atoms with E-state index in [4.69, 9.17) is 36.7 Å². The van der Waals surface area contributed by atoms with E-state index in [1.807, 2.05) is 153 Å². The minimum atomic E-state index is 0.562. The molecule has 9 rings (SSSR count). The maximum Gasteiger partial charge on any atom is 0.175 e. The first-order chi connectivity index (χ1) is 31.2. The molecular formula is C49H50N12S3. The van der Waals surface area contributed by atoms with E-state index in [-0.39, 0.29) is 0 Å². The molecule has 64 heavy (non-hydrogen) atoms. The lowest BCUT2D eigenvalue weighted by Gasteiger charge is -2.10. The van der Waals surface area contributed by atoms with Gasteiger partial charge >= 0.3 is 0 Å². The lowest BCUT2D eigenvalue weighted by Crippen LogP contribution is -2.18. The highest BCUT2D eigenvalue weighted by Crippen LogP contribution is 2.21. The molecule has 0 amide bonds. The van der Waals surface area contributed by atoms with Crippen LogP contribution in [0.4, 0.5) is 34.1 Å². The number of hydrogen-bond acceptors (Lipinski definition) is 6. The Kier molecular flexibility index (Phi) is 15.6. The summed E-state index contributed by atoms with van der Waals surface area (Å²) in [5.41, 5.74) is 11.6. The average Bonchev–Trinajstić information content (AvgIpc) is 4.02. The third-order valence-electron chi connectivity index (χ3n) is 9.63. The van der Waals surface area contributed by atoms with Crippen LogP contribution in [0.1, 0.15) is 44.2 Å². The molecule has 0 bridgehead atoms. The summed E-state index contributed by atoms with van der Waals surface area (Å²) in [6.45, 7) is 6.20. The molecule has 3 aromatic heterocycles. The van der Waals surface area contributed by atoms with Gasteiger partial charge in [-0.1, -0.05) is 74.9 Å². The molecule has 0 radical (unpaired) electrons. The number of unbranched alkanes of at least 4 members (excludes halogenated alkanes) is 1. The predicted octanol–water partition coefficient (Wildman–Crippen LogP) is 12.3. The van der Waals surface area contributed by atoms with Gasteiger partial charge in [0.1, 0.15) is 17.5 Å². The highest BCUT2D eigenvalue weighted by molar-refractivity contribution is 7.81. The van der Waals surface area contributed by atoms with Crippen LogP contribution in [-0.4, -0.2) is 45.2 Å². The Balaban J connectivity index is 0.000000144. The number of nitrogens with zero attached hydrogens (tertiary/aromatic N) is 3. The molecule has 0 atom stereocenters. The molecule has 9 aromatic rings. The van der Waals surface area contributed by atoms with E-state index in [2.05, 4.69) is 75.7 Å². The summed E-state index contributed by atoms with van der Waals surface area (Å²) >= 11 is 16.0. The number of H-pyrrole nitrogens is 3. The van der Waals surface area contributed by atoms with Crippen molar-refractivity contribution < 1.29 is 0 Å². The summed E-state index contributed by atoms with van der Waals surface area (Å²) in [4.78, 5) is 23.3. The Morgan fingerprint density at radius 3 is 1.20 bits per heavy atom. The van der Waals surface area contributed by atoms with Crippen molar-refractivity contribution in [3.8, 4) is 0 Å². The van der Waals surface area contributed by atoms with Gasteiger partial charge in [-0.05, 0) is 141 Å². The Bertz CT molecular complexity index is 2950. The van der Waals surface area contributed by atoms with Crippen LogP contribution in [0.5, 0.6) is 0 Å². The van der Waals surface area contributed by atoms with Crippen molar-refractivity contribution in [2.45, 2.75) is 46.5 Å². The maximum atomic E-state index is 5.36. The Labute approximate surface area is 388 Å². The van der Waals surface area contributed by atoms with Crippen LogP contribution in [-0.2, 0) is 12.8 Å². The van der Waals surface area contributed by atoms with Crippen molar-refractivity contribution in [2.24, 2.45) is 0 Å². The van der Waals surface area contributed by atoms with Gasteiger partial charge in [-0.25, -0.2) is 15.0 Å². The topological polar surface area (TPSA) is 158 Å². The van der Waals surface area contributed by atoms with Crippen LogP contribution in [0, 0.1) is 6.92 Å². The minimum absolute atomic E-state index is 0.562. The molecule has 12 nitrogen and oxygen atoms in total. The minimum Gasteiger partial charge on any atom is -0.342 e. The number of hydrogen-bond donors (Lipinski definition) is 9. The summed E-state index contributed by atoms with van der Waals surface area (Å²) < 4.78 is 0. The molecule has 324 valence electrons. The fraction of sp³-hybridized carbons (Fsp3) is 0.143.